The number of nitrogens with zero attached hydrogens (tertiary/aromatic N) is 2. The molecule has 1 amide bonds. The molecule has 4 nitrogen and oxygen atoms in total. The van der Waals surface area contributed by atoms with Crippen molar-refractivity contribution in [2.24, 2.45) is 5.92 Å². The van der Waals surface area contributed by atoms with Gasteiger partial charge in [-0.3, -0.25) is 9.69 Å². The molecule has 0 aromatic carbocycles. The van der Waals surface area contributed by atoms with E-state index in [1.807, 2.05) is 0 Å². The van der Waals surface area contributed by atoms with Gasteiger partial charge in [0.15, 0.2) is 0 Å². The highest BCUT2D eigenvalue weighted by Crippen LogP contribution is 2.15. The van der Waals surface area contributed by atoms with Crippen LogP contribution < -0.4 is 5.32 Å². The third-order valence-corrected chi connectivity index (χ3v) is 4.14. The number of piperidine rings is 1. The summed E-state index contributed by atoms with van der Waals surface area (Å²) in [5.74, 6) is 0.613. The molecule has 0 bridgehead atoms. The molecule has 18 heavy (non-hydrogen) atoms. The van der Waals surface area contributed by atoms with Crippen molar-refractivity contribution in [2.75, 3.05) is 39.3 Å². The van der Waals surface area contributed by atoms with Crippen LogP contribution in [0.4, 0.5) is 0 Å². The van der Waals surface area contributed by atoms with E-state index in [4.69, 9.17) is 0 Å². The molecule has 2 fully saturated rings. The number of piperazine rings is 1. The van der Waals surface area contributed by atoms with Crippen LogP contribution in [0.2, 0.25) is 0 Å². The molecule has 2 rings (SSSR count). The van der Waals surface area contributed by atoms with E-state index in [9.17, 15) is 4.79 Å². The molecule has 0 aromatic rings. The highest BCUT2D eigenvalue weighted by Gasteiger charge is 2.31. The number of carbonyl (C=O) groups excluding carboxylic acids is 1. The Morgan fingerprint density at radius 3 is 2.56 bits per heavy atom. The van der Waals surface area contributed by atoms with Crippen molar-refractivity contribution < 1.29 is 4.79 Å². The van der Waals surface area contributed by atoms with Crippen LogP contribution in [0.15, 0.2) is 0 Å². The minimum Gasteiger partial charge on any atom is -0.353 e. The predicted molar refractivity (Wildman–Crippen MR) is 73.5 cm³/mol. The van der Waals surface area contributed by atoms with Gasteiger partial charge in [-0.15, -0.1) is 0 Å². The molecule has 0 aliphatic carbocycles. The zero-order valence-corrected chi connectivity index (χ0v) is 11.8. The number of carbonyl (C=O) groups is 1. The van der Waals surface area contributed by atoms with Gasteiger partial charge in [0.05, 0.1) is 6.04 Å². The Bertz CT molecular complexity index is 274. The van der Waals surface area contributed by atoms with Crippen LogP contribution in [0.3, 0.4) is 0 Å². The number of amides is 1. The molecule has 0 radical (unpaired) electrons. The molecule has 2 saturated heterocycles. The minimum atomic E-state index is 0.0727. The van der Waals surface area contributed by atoms with Gasteiger partial charge in [0.25, 0.3) is 0 Å². The normalized spacial score (nSPS) is 27.5. The van der Waals surface area contributed by atoms with E-state index >= 15 is 0 Å². The van der Waals surface area contributed by atoms with Crippen molar-refractivity contribution in [3.63, 3.8) is 0 Å². The lowest BCUT2D eigenvalue weighted by Crippen LogP contribution is -2.58. The fourth-order valence-corrected chi connectivity index (χ4v) is 3.16. The van der Waals surface area contributed by atoms with Crippen molar-refractivity contribution in [1.29, 1.82) is 0 Å². The van der Waals surface area contributed by atoms with E-state index in [0.717, 1.165) is 26.2 Å². The topological polar surface area (TPSA) is 35.6 Å². The maximum atomic E-state index is 11.9. The minimum absolute atomic E-state index is 0.0727. The first-order chi connectivity index (χ1) is 8.68. The Morgan fingerprint density at radius 2 is 1.89 bits per heavy atom. The molecule has 1 atom stereocenters. The summed E-state index contributed by atoms with van der Waals surface area (Å²) in [6, 6.07) is 0.0727. The van der Waals surface area contributed by atoms with E-state index in [1.54, 1.807) is 0 Å². The van der Waals surface area contributed by atoms with Crippen molar-refractivity contribution >= 4 is 5.91 Å². The van der Waals surface area contributed by atoms with Gasteiger partial charge in [-0.25, -0.2) is 0 Å². The van der Waals surface area contributed by atoms with Crippen molar-refractivity contribution in [2.45, 2.75) is 39.2 Å². The highest BCUT2D eigenvalue weighted by molar-refractivity contribution is 5.82. The van der Waals surface area contributed by atoms with Gasteiger partial charge < -0.3 is 10.2 Å². The van der Waals surface area contributed by atoms with Crippen LogP contribution in [0, 0.1) is 5.92 Å². The lowest BCUT2D eigenvalue weighted by Gasteiger charge is -2.38. The molecular formula is C14H27N3O. The SMILES string of the molecule is CC(C)C1C(=O)NCCN1CCN1CCCCC1. The first-order valence-corrected chi connectivity index (χ1v) is 7.42. The number of hydrogen-bond acceptors (Lipinski definition) is 3. The van der Waals surface area contributed by atoms with Gasteiger partial charge in [0, 0.05) is 26.2 Å². The number of rotatable bonds is 4. The Balaban J connectivity index is 1.83. The zero-order chi connectivity index (χ0) is 13.0. The first-order valence-electron chi connectivity index (χ1n) is 7.42. The number of nitrogens with one attached hydrogen (secondary N) is 1. The predicted octanol–water partition coefficient (Wildman–Crippen LogP) is 0.929. The van der Waals surface area contributed by atoms with E-state index in [1.165, 1.54) is 32.4 Å². The Morgan fingerprint density at radius 1 is 1.17 bits per heavy atom. The monoisotopic (exact) mass is 253 g/mol. The second-order valence-corrected chi connectivity index (χ2v) is 5.92. The lowest BCUT2D eigenvalue weighted by atomic mass is 9.99. The van der Waals surface area contributed by atoms with E-state index in [0.29, 0.717) is 5.92 Å². The summed E-state index contributed by atoms with van der Waals surface area (Å²) in [5.41, 5.74) is 0. The second-order valence-electron chi connectivity index (χ2n) is 5.92. The third-order valence-electron chi connectivity index (χ3n) is 4.14. The average Bonchev–Trinajstić information content (AvgIpc) is 2.37. The molecule has 0 spiro atoms. The second kappa shape index (κ2) is 6.53. The largest absolute Gasteiger partial charge is 0.353 e. The number of likely N-dealkylation sites (tertiary alicyclic amines) is 1. The summed E-state index contributed by atoms with van der Waals surface area (Å²) < 4.78 is 0. The molecular weight excluding hydrogens is 226 g/mol. The van der Waals surface area contributed by atoms with Gasteiger partial charge in [-0.1, -0.05) is 20.3 Å². The summed E-state index contributed by atoms with van der Waals surface area (Å²) >= 11 is 0. The summed E-state index contributed by atoms with van der Waals surface area (Å²) in [4.78, 5) is 16.9. The van der Waals surface area contributed by atoms with Crippen molar-refractivity contribution in [3.05, 3.63) is 0 Å². The van der Waals surface area contributed by atoms with E-state index in [-0.39, 0.29) is 11.9 Å². The smallest absolute Gasteiger partial charge is 0.237 e. The molecule has 2 aliphatic rings. The maximum absolute atomic E-state index is 11.9. The van der Waals surface area contributed by atoms with Crippen LogP contribution in [-0.2, 0) is 4.79 Å². The average molecular weight is 253 g/mol. The van der Waals surface area contributed by atoms with Gasteiger partial charge in [-0.05, 0) is 31.8 Å². The summed E-state index contributed by atoms with van der Waals surface area (Å²) in [7, 11) is 0. The van der Waals surface area contributed by atoms with E-state index < -0.39 is 0 Å². The van der Waals surface area contributed by atoms with Crippen LogP contribution in [-0.4, -0.2) is 61.0 Å². The van der Waals surface area contributed by atoms with Gasteiger partial charge in [0.1, 0.15) is 0 Å². The molecule has 4 heteroatoms. The Hall–Kier alpha value is -0.610. The molecule has 2 heterocycles. The maximum Gasteiger partial charge on any atom is 0.237 e. The molecule has 0 saturated carbocycles. The van der Waals surface area contributed by atoms with Gasteiger partial charge >= 0.3 is 0 Å². The fourth-order valence-electron chi connectivity index (χ4n) is 3.16. The van der Waals surface area contributed by atoms with Gasteiger partial charge in [-0.2, -0.15) is 0 Å². The summed E-state index contributed by atoms with van der Waals surface area (Å²) in [6.45, 7) is 10.7. The zero-order valence-electron chi connectivity index (χ0n) is 11.8. The van der Waals surface area contributed by atoms with Crippen LogP contribution in [0.1, 0.15) is 33.1 Å². The molecule has 0 aromatic heterocycles. The molecule has 1 N–H and O–H groups in total. The van der Waals surface area contributed by atoms with Crippen LogP contribution >= 0.6 is 0 Å². The molecule has 2 aliphatic heterocycles. The third kappa shape index (κ3) is 3.45. The summed E-state index contributed by atoms with van der Waals surface area (Å²) in [6.07, 6.45) is 4.07. The Labute approximate surface area is 111 Å². The first kappa shape index (κ1) is 13.8. The fraction of sp³-hybridized carbons (Fsp3) is 0.929. The van der Waals surface area contributed by atoms with Gasteiger partial charge in [0.2, 0.25) is 5.91 Å². The number of hydrogen-bond donors (Lipinski definition) is 1. The Kier molecular flexibility index (Phi) is 5.01. The lowest BCUT2D eigenvalue weighted by molar-refractivity contribution is -0.130. The standard InChI is InChI=1S/C14H27N3O/c1-12(2)13-14(18)15-6-9-17(13)11-10-16-7-4-3-5-8-16/h12-13H,3-11H2,1-2H3,(H,15,18). The van der Waals surface area contributed by atoms with E-state index in [2.05, 4.69) is 29.0 Å². The van der Waals surface area contributed by atoms with Crippen LogP contribution in [0.25, 0.3) is 0 Å². The molecule has 1 unspecified atom stereocenters. The van der Waals surface area contributed by atoms with Crippen molar-refractivity contribution in [1.82, 2.24) is 15.1 Å². The quantitative estimate of drug-likeness (QED) is 0.809. The molecule has 104 valence electrons. The summed E-state index contributed by atoms with van der Waals surface area (Å²) in [5, 5.41) is 2.99. The van der Waals surface area contributed by atoms with Crippen LogP contribution in [0.5, 0.6) is 0 Å². The highest BCUT2D eigenvalue weighted by atomic mass is 16.2. The van der Waals surface area contributed by atoms with Crippen molar-refractivity contribution in [3.8, 4) is 0 Å².